The summed E-state index contributed by atoms with van der Waals surface area (Å²) >= 11 is 1.33. The van der Waals surface area contributed by atoms with Gasteiger partial charge in [-0.2, -0.15) is 0 Å². The molecule has 1 amide bonds. The van der Waals surface area contributed by atoms with E-state index in [0.29, 0.717) is 23.0 Å². The van der Waals surface area contributed by atoms with E-state index < -0.39 is 5.97 Å². The van der Waals surface area contributed by atoms with Crippen LogP contribution in [0.1, 0.15) is 33.2 Å². The van der Waals surface area contributed by atoms with Crippen molar-refractivity contribution >= 4 is 23.2 Å². The number of hydrogen-bond donors (Lipinski definition) is 1. The summed E-state index contributed by atoms with van der Waals surface area (Å²) in [6.45, 7) is 3.94. The summed E-state index contributed by atoms with van der Waals surface area (Å²) < 4.78 is 0. The lowest BCUT2D eigenvalue weighted by atomic mass is 10.3. The Balaban J connectivity index is 2.15. The van der Waals surface area contributed by atoms with Gasteiger partial charge in [0, 0.05) is 6.54 Å². The zero-order valence-corrected chi connectivity index (χ0v) is 11.3. The molecule has 2 rings (SSSR count). The third-order valence-electron chi connectivity index (χ3n) is 2.89. The number of nitrogens with zero attached hydrogens (tertiary/aromatic N) is 2. The van der Waals surface area contributed by atoms with Gasteiger partial charge in [-0.05, 0) is 32.6 Å². The fourth-order valence-corrected chi connectivity index (χ4v) is 2.76. The number of aliphatic carboxylic acids is 1. The molecule has 5 nitrogen and oxygen atoms in total. The quantitative estimate of drug-likeness (QED) is 0.882. The molecular weight excluding hydrogens is 252 g/mol. The van der Waals surface area contributed by atoms with Gasteiger partial charge in [-0.15, -0.1) is 11.3 Å². The SMILES string of the molecule is Cc1nc(C)c(C(=O)N(CC(=O)O)CC2CC2)s1. The van der Waals surface area contributed by atoms with Crippen molar-refractivity contribution in [2.24, 2.45) is 5.92 Å². The van der Waals surface area contributed by atoms with Gasteiger partial charge in [0.2, 0.25) is 0 Å². The second-order valence-electron chi connectivity index (χ2n) is 4.67. The minimum Gasteiger partial charge on any atom is -0.480 e. The molecule has 1 N–H and O–H groups in total. The third-order valence-corrected chi connectivity index (χ3v) is 3.95. The maximum absolute atomic E-state index is 12.3. The van der Waals surface area contributed by atoms with Gasteiger partial charge in [0.05, 0.1) is 10.7 Å². The van der Waals surface area contributed by atoms with Gasteiger partial charge in [0.25, 0.3) is 5.91 Å². The number of aryl methyl sites for hydroxylation is 2. The van der Waals surface area contributed by atoms with Gasteiger partial charge in [-0.3, -0.25) is 9.59 Å². The van der Waals surface area contributed by atoms with Gasteiger partial charge < -0.3 is 10.0 Å². The van der Waals surface area contributed by atoms with Crippen molar-refractivity contribution in [3.05, 3.63) is 15.6 Å². The molecule has 98 valence electrons. The van der Waals surface area contributed by atoms with Crippen molar-refractivity contribution in [3.63, 3.8) is 0 Å². The van der Waals surface area contributed by atoms with E-state index in [4.69, 9.17) is 5.11 Å². The van der Waals surface area contributed by atoms with Crippen LogP contribution in [0.25, 0.3) is 0 Å². The van der Waals surface area contributed by atoms with Crippen molar-refractivity contribution in [1.29, 1.82) is 0 Å². The van der Waals surface area contributed by atoms with Crippen LogP contribution in [0.2, 0.25) is 0 Å². The first-order valence-corrected chi connectivity index (χ1v) is 6.74. The van der Waals surface area contributed by atoms with E-state index in [2.05, 4.69) is 4.98 Å². The lowest BCUT2D eigenvalue weighted by Gasteiger charge is -2.19. The van der Waals surface area contributed by atoms with Crippen LogP contribution >= 0.6 is 11.3 Å². The minimum absolute atomic E-state index is 0.201. The number of aromatic nitrogens is 1. The highest BCUT2D eigenvalue weighted by molar-refractivity contribution is 7.13. The zero-order chi connectivity index (χ0) is 13.3. The first-order chi connectivity index (χ1) is 8.47. The highest BCUT2D eigenvalue weighted by Crippen LogP contribution is 2.30. The molecule has 0 aliphatic heterocycles. The highest BCUT2D eigenvalue weighted by atomic mass is 32.1. The maximum atomic E-state index is 12.3. The molecule has 1 fully saturated rings. The Morgan fingerprint density at radius 2 is 2.11 bits per heavy atom. The number of carboxylic acid groups (broad SMARTS) is 1. The van der Waals surface area contributed by atoms with Gasteiger partial charge in [-0.1, -0.05) is 0 Å². The standard InChI is InChI=1S/C12H16N2O3S/c1-7-11(18-8(2)13-7)12(17)14(6-10(15)16)5-9-3-4-9/h9H,3-6H2,1-2H3,(H,15,16). The second-order valence-corrected chi connectivity index (χ2v) is 5.87. The number of carboxylic acids is 1. The monoisotopic (exact) mass is 268 g/mol. The average Bonchev–Trinajstić information content (AvgIpc) is 3.01. The Labute approximate surface area is 109 Å². The van der Waals surface area contributed by atoms with Crippen LogP contribution in [0, 0.1) is 19.8 Å². The fraction of sp³-hybridized carbons (Fsp3) is 0.583. The molecule has 0 bridgehead atoms. The predicted molar refractivity (Wildman–Crippen MR) is 67.9 cm³/mol. The molecular formula is C12H16N2O3S. The van der Waals surface area contributed by atoms with Gasteiger partial charge >= 0.3 is 5.97 Å². The van der Waals surface area contributed by atoms with Crippen LogP contribution in [0.5, 0.6) is 0 Å². The Kier molecular flexibility index (Phi) is 3.65. The summed E-state index contributed by atoms with van der Waals surface area (Å²) in [5, 5.41) is 9.71. The number of thiazole rings is 1. The minimum atomic E-state index is -0.970. The number of carbonyl (C=O) groups is 2. The average molecular weight is 268 g/mol. The molecule has 0 saturated heterocycles. The first kappa shape index (κ1) is 13.0. The zero-order valence-electron chi connectivity index (χ0n) is 10.5. The Hall–Kier alpha value is -1.43. The van der Waals surface area contributed by atoms with E-state index >= 15 is 0 Å². The van der Waals surface area contributed by atoms with Gasteiger partial charge in [0.15, 0.2) is 0 Å². The predicted octanol–water partition coefficient (Wildman–Crippen LogP) is 1.70. The molecule has 0 unspecified atom stereocenters. The largest absolute Gasteiger partial charge is 0.480 e. The third kappa shape index (κ3) is 3.07. The summed E-state index contributed by atoms with van der Waals surface area (Å²) in [5.41, 5.74) is 0.689. The molecule has 1 aliphatic carbocycles. The van der Waals surface area contributed by atoms with E-state index in [0.717, 1.165) is 17.8 Å². The van der Waals surface area contributed by atoms with E-state index in [1.807, 2.05) is 6.92 Å². The van der Waals surface area contributed by atoms with E-state index in [1.54, 1.807) is 6.92 Å². The molecule has 1 heterocycles. The summed E-state index contributed by atoms with van der Waals surface area (Å²) in [4.78, 5) is 29.3. The summed E-state index contributed by atoms with van der Waals surface area (Å²) in [5.74, 6) is -0.696. The maximum Gasteiger partial charge on any atom is 0.323 e. The van der Waals surface area contributed by atoms with Gasteiger partial charge in [-0.25, -0.2) is 4.98 Å². The smallest absolute Gasteiger partial charge is 0.323 e. The molecule has 0 radical (unpaired) electrons. The number of amides is 1. The van der Waals surface area contributed by atoms with Crippen molar-refractivity contribution in [2.75, 3.05) is 13.1 Å². The van der Waals surface area contributed by atoms with E-state index in [-0.39, 0.29) is 12.5 Å². The first-order valence-electron chi connectivity index (χ1n) is 5.92. The van der Waals surface area contributed by atoms with Crippen LogP contribution in [0.4, 0.5) is 0 Å². The van der Waals surface area contributed by atoms with Crippen molar-refractivity contribution in [1.82, 2.24) is 9.88 Å². The number of rotatable bonds is 5. The molecule has 1 aromatic heterocycles. The van der Waals surface area contributed by atoms with E-state index in [1.165, 1.54) is 16.2 Å². The molecule has 1 aliphatic rings. The topological polar surface area (TPSA) is 70.5 Å². The van der Waals surface area contributed by atoms with Crippen LogP contribution in [-0.2, 0) is 4.79 Å². The molecule has 0 atom stereocenters. The van der Waals surface area contributed by atoms with Crippen molar-refractivity contribution in [3.8, 4) is 0 Å². The fourth-order valence-electron chi connectivity index (χ4n) is 1.87. The lowest BCUT2D eigenvalue weighted by molar-refractivity contribution is -0.137. The molecule has 1 saturated carbocycles. The van der Waals surface area contributed by atoms with E-state index in [9.17, 15) is 9.59 Å². The molecule has 0 spiro atoms. The molecule has 0 aromatic carbocycles. The summed E-state index contributed by atoms with van der Waals surface area (Å²) in [7, 11) is 0. The number of hydrogen-bond acceptors (Lipinski definition) is 4. The number of carbonyl (C=O) groups excluding carboxylic acids is 1. The lowest BCUT2D eigenvalue weighted by Crippen LogP contribution is -2.37. The van der Waals surface area contributed by atoms with Crippen LogP contribution in [0.15, 0.2) is 0 Å². The van der Waals surface area contributed by atoms with Crippen LogP contribution in [0.3, 0.4) is 0 Å². The molecule has 6 heteroatoms. The van der Waals surface area contributed by atoms with Crippen LogP contribution in [-0.4, -0.2) is 40.0 Å². The van der Waals surface area contributed by atoms with Crippen molar-refractivity contribution in [2.45, 2.75) is 26.7 Å². The normalized spacial score (nSPS) is 14.6. The summed E-state index contributed by atoms with van der Waals surface area (Å²) in [6.07, 6.45) is 2.17. The van der Waals surface area contributed by atoms with Crippen molar-refractivity contribution < 1.29 is 14.7 Å². The Morgan fingerprint density at radius 1 is 1.44 bits per heavy atom. The second kappa shape index (κ2) is 5.06. The Morgan fingerprint density at radius 3 is 2.56 bits per heavy atom. The van der Waals surface area contributed by atoms with Gasteiger partial charge in [0.1, 0.15) is 11.4 Å². The highest BCUT2D eigenvalue weighted by Gasteiger charge is 2.29. The van der Waals surface area contributed by atoms with Crippen LogP contribution < -0.4 is 0 Å². The summed E-state index contributed by atoms with van der Waals surface area (Å²) in [6, 6.07) is 0. The molecule has 18 heavy (non-hydrogen) atoms. The molecule has 1 aromatic rings. The Bertz CT molecular complexity index is 480.